The quantitative estimate of drug-likeness (QED) is 0.279. The Morgan fingerprint density at radius 1 is 1.06 bits per heavy atom. The maximum atomic E-state index is 12.9. The molecule has 1 aromatic heterocycles. The molecule has 1 fully saturated rings. The van der Waals surface area contributed by atoms with Crippen molar-refractivity contribution in [3.63, 3.8) is 0 Å². The highest BCUT2D eigenvalue weighted by molar-refractivity contribution is 7.80. The molecule has 0 atom stereocenters. The number of benzene rings is 2. The van der Waals surface area contributed by atoms with Crippen LogP contribution >= 0.6 is 12.2 Å². The van der Waals surface area contributed by atoms with E-state index in [1.807, 2.05) is 54.7 Å². The highest BCUT2D eigenvalue weighted by Crippen LogP contribution is 2.29. The zero-order valence-corrected chi connectivity index (χ0v) is 20.0. The summed E-state index contributed by atoms with van der Waals surface area (Å²) in [5.74, 6) is 0.601. The fourth-order valence-electron chi connectivity index (χ4n) is 3.86. The zero-order chi connectivity index (χ0) is 24.2. The summed E-state index contributed by atoms with van der Waals surface area (Å²) >= 11 is 5.38. The van der Waals surface area contributed by atoms with Crippen LogP contribution in [0.15, 0.2) is 60.4 Å². The molecule has 1 saturated heterocycles. The number of ether oxygens (including phenoxy) is 3. The Labute approximate surface area is 202 Å². The van der Waals surface area contributed by atoms with Gasteiger partial charge in [-0.2, -0.15) is 0 Å². The van der Waals surface area contributed by atoms with Crippen LogP contribution in [-0.4, -0.2) is 65.8 Å². The number of carbonyl (C=O) groups is 2. The van der Waals surface area contributed by atoms with Gasteiger partial charge < -0.3 is 23.7 Å². The Balaban J connectivity index is 1.63. The number of esters is 1. The Morgan fingerprint density at radius 2 is 1.76 bits per heavy atom. The minimum atomic E-state index is -0.479. The van der Waals surface area contributed by atoms with E-state index in [1.165, 1.54) is 16.9 Å². The van der Waals surface area contributed by atoms with Crippen LogP contribution < -0.4 is 9.47 Å². The molecule has 0 bridgehead atoms. The van der Waals surface area contributed by atoms with Crippen LogP contribution in [-0.2, 0) is 20.9 Å². The van der Waals surface area contributed by atoms with Gasteiger partial charge in [-0.15, -0.1) is 0 Å². The first-order valence-electron chi connectivity index (χ1n) is 10.7. The van der Waals surface area contributed by atoms with Crippen molar-refractivity contribution in [1.82, 2.24) is 14.4 Å². The van der Waals surface area contributed by atoms with Gasteiger partial charge in [-0.1, -0.05) is 30.3 Å². The SMILES string of the molecule is COC(=O)CN1C(=S)N(C)C(=O)/C1=C/c1cn(CCOc2ccccc2OC)c2ccccc12. The number of thiocarbonyl (C=S) groups is 1. The summed E-state index contributed by atoms with van der Waals surface area (Å²) in [5, 5.41) is 1.23. The van der Waals surface area contributed by atoms with E-state index in [1.54, 1.807) is 20.2 Å². The number of methoxy groups -OCH3 is 2. The van der Waals surface area contributed by atoms with Crippen LogP contribution in [0, 0.1) is 0 Å². The van der Waals surface area contributed by atoms with Gasteiger partial charge in [-0.3, -0.25) is 14.5 Å². The van der Waals surface area contributed by atoms with Crippen molar-refractivity contribution in [3.05, 3.63) is 66.0 Å². The molecule has 0 N–H and O–H groups in total. The molecule has 9 heteroatoms. The molecule has 34 heavy (non-hydrogen) atoms. The summed E-state index contributed by atoms with van der Waals surface area (Å²) in [6.07, 6.45) is 3.73. The van der Waals surface area contributed by atoms with Gasteiger partial charge in [0.15, 0.2) is 16.6 Å². The van der Waals surface area contributed by atoms with E-state index in [0.29, 0.717) is 30.3 Å². The summed E-state index contributed by atoms with van der Waals surface area (Å²) in [7, 11) is 4.50. The summed E-state index contributed by atoms with van der Waals surface area (Å²) in [6, 6.07) is 15.4. The lowest BCUT2D eigenvalue weighted by atomic mass is 10.1. The molecule has 0 unspecified atom stereocenters. The lowest BCUT2D eigenvalue weighted by Gasteiger charge is -2.16. The van der Waals surface area contributed by atoms with E-state index in [9.17, 15) is 9.59 Å². The smallest absolute Gasteiger partial charge is 0.325 e. The van der Waals surface area contributed by atoms with Crippen molar-refractivity contribution in [1.29, 1.82) is 0 Å². The van der Waals surface area contributed by atoms with Gasteiger partial charge in [0.2, 0.25) is 0 Å². The predicted octanol–water partition coefficient (Wildman–Crippen LogP) is 3.30. The largest absolute Gasteiger partial charge is 0.493 e. The Kier molecular flexibility index (Phi) is 6.83. The average molecular weight is 480 g/mol. The van der Waals surface area contributed by atoms with Crippen LogP contribution in [0.1, 0.15) is 5.56 Å². The van der Waals surface area contributed by atoms with Crippen molar-refractivity contribution in [2.75, 3.05) is 34.4 Å². The molecule has 0 saturated carbocycles. The van der Waals surface area contributed by atoms with E-state index < -0.39 is 5.97 Å². The molecular weight excluding hydrogens is 454 g/mol. The number of likely N-dealkylation sites (N-methyl/N-ethyl adjacent to an activating group) is 1. The van der Waals surface area contributed by atoms with Crippen molar-refractivity contribution in [3.8, 4) is 11.5 Å². The van der Waals surface area contributed by atoms with Gasteiger partial charge in [-0.05, 0) is 36.5 Å². The molecule has 2 heterocycles. The van der Waals surface area contributed by atoms with Gasteiger partial charge in [0.25, 0.3) is 5.91 Å². The lowest BCUT2D eigenvalue weighted by Crippen LogP contribution is -2.33. The summed E-state index contributed by atoms with van der Waals surface area (Å²) in [6.45, 7) is 0.873. The van der Waals surface area contributed by atoms with Crippen molar-refractivity contribution in [2.45, 2.75) is 6.54 Å². The van der Waals surface area contributed by atoms with Crippen LogP contribution in [0.25, 0.3) is 17.0 Å². The van der Waals surface area contributed by atoms with Gasteiger partial charge in [0, 0.05) is 29.7 Å². The molecule has 4 rings (SSSR count). The van der Waals surface area contributed by atoms with E-state index in [-0.39, 0.29) is 17.6 Å². The maximum absolute atomic E-state index is 12.9. The Hall–Kier alpha value is -3.85. The molecule has 2 aromatic carbocycles. The lowest BCUT2D eigenvalue weighted by molar-refractivity contribution is -0.140. The van der Waals surface area contributed by atoms with Gasteiger partial charge >= 0.3 is 5.97 Å². The molecular formula is C25H25N3O5S. The zero-order valence-electron chi connectivity index (χ0n) is 19.2. The second-order valence-electron chi connectivity index (χ2n) is 7.63. The number of aromatic nitrogens is 1. The number of amides is 1. The van der Waals surface area contributed by atoms with Crippen molar-refractivity contribution < 1.29 is 23.8 Å². The van der Waals surface area contributed by atoms with Crippen LogP contribution in [0.4, 0.5) is 0 Å². The number of carbonyl (C=O) groups excluding carboxylic acids is 2. The maximum Gasteiger partial charge on any atom is 0.325 e. The van der Waals surface area contributed by atoms with Crippen molar-refractivity contribution >= 4 is 46.2 Å². The number of rotatable bonds is 8. The summed E-state index contributed by atoms with van der Waals surface area (Å²) in [5.41, 5.74) is 2.16. The first-order valence-corrected chi connectivity index (χ1v) is 11.1. The van der Waals surface area contributed by atoms with Gasteiger partial charge in [-0.25, -0.2) is 0 Å². The molecule has 1 aliphatic rings. The fourth-order valence-corrected chi connectivity index (χ4v) is 4.10. The molecule has 1 amide bonds. The number of nitrogens with zero attached hydrogens (tertiary/aromatic N) is 3. The number of fused-ring (bicyclic) bond motifs is 1. The van der Waals surface area contributed by atoms with E-state index in [4.69, 9.17) is 26.4 Å². The number of hydrogen-bond donors (Lipinski definition) is 0. The topological polar surface area (TPSA) is 73.2 Å². The molecule has 0 radical (unpaired) electrons. The standard InChI is InChI=1S/C25H25N3O5S/c1-26-24(30)20(28(25(26)34)16-23(29)32-3)14-17-15-27(19-9-5-4-8-18(17)19)12-13-33-22-11-7-6-10-21(22)31-2/h4-11,14-15H,12-13,16H2,1-3H3/b20-14-. The van der Waals surface area contributed by atoms with Gasteiger partial charge in [0.1, 0.15) is 18.8 Å². The highest BCUT2D eigenvalue weighted by atomic mass is 32.1. The Morgan fingerprint density at radius 3 is 2.50 bits per heavy atom. The molecule has 8 nitrogen and oxygen atoms in total. The number of hydrogen-bond acceptors (Lipinski definition) is 6. The minimum Gasteiger partial charge on any atom is -0.493 e. The molecule has 176 valence electrons. The third-order valence-corrected chi connectivity index (χ3v) is 6.11. The van der Waals surface area contributed by atoms with Crippen LogP contribution in [0.3, 0.4) is 0 Å². The summed E-state index contributed by atoms with van der Waals surface area (Å²) < 4.78 is 18.1. The minimum absolute atomic E-state index is 0.136. The summed E-state index contributed by atoms with van der Waals surface area (Å²) in [4.78, 5) is 27.6. The number of para-hydroxylation sites is 3. The fraction of sp³-hybridized carbons (Fsp3) is 0.240. The third-order valence-electron chi connectivity index (χ3n) is 5.62. The van der Waals surface area contributed by atoms with E-state index in [2.05, 4.69) is 4.57 Å². The molecule has 3 aromatic rings. The first-order chi connectivity index (χ1) is 16.4. The molecule has 0 spiro atoms. The average Bonchev–Trinajstić information content (AvgIpc) is 3.30. The van der Waals surface area contributed by atoms with Crippen LogP contribution in [0.2, 0.25) is 0 Å². The molecule has 1 aliphatic heterocycles. The normalized spacial score (nSPS) is 14.9. The Bertz CT molecular complexity index is 1280. The van der Waals surface area contributed by atoms with Crippen LogP contribution in [0.5, 0.6) is 11.5 Å². The third kappa shape index (κ3) is 4.47. The second-order valence-corrected chi connectivity index (χ2v) is 8.00. The van der Waals surface area contributed by atoms with Crippen molar-refractivity contribution in [2.24, 2.45) is 0 Å². The van der Waals surface area contributed by atoms with E-state index >= 15 is 0 Å². The van der Waals surface area contributed by atoms with Gasteiger partial charge in [0.05, 0.1) is 20.8 Å². The molecule has 0 aliphatic carbocycles. The predicted molar refractivity (Wildman–Crippen MR) is 132 cm³/mol. The highest BCUT2D eigenvalue weighted by Gasteiger charge is 2.37. The van der Waals surface area contributed by atoms with E-state index in [0.717, 1.165) is 16.5 Å². The second kappa shape index (κ2) is 9.96. The first kappa shape index (κ1) is 23.3. The monoisotopic (exact) mass is 479 g/mol.